The summed E-state index contributed by atoms with van der Waals surface area (Å²) in [6.45, 7) is 2.20. The lowest BCUT2D eigenvalue weighted by molar-refractivity contribution is -0.137. The average molecular weight is 379 g/mol. The van der Waals surface area contributed by atoms with Gasteiger partial charge in [0.2, 0.25) is 5.91 Å². The Hall–Kier alpha value is -2.87. The monoisotopic (exact) mass is 379 g/mol. The molecule has 0 heterocycles. The summed E-state index contributed by atoms with van der Waals surface area (Å²) in [5.41, 5.74) is -0.405. The molecule has 144 valence electrons. The van der Waals surface area contributed by atoms with Gasteiger partial charge in [-0.2, -0.15) is 13.2 Å². The molecule has 3 N–H and O–H groups in total. The van der Waals surface area contributed by atoms with Crippen molar-refractivity contribution in [2.24, 2.45) is 5.92 Å². The van der Waals surface area contributed by atoms with Crippen LogP contribution >= 0.6 is 0 Å². The number of hydrogen-bond acceptors (Lipinski definition) is 3. The summed E-state index contributed by atoms with van der Waals surface area (Å²) in [4.78, 5) is 24.7. The van der Waals surface area contributed by atoms with E-state index >= 15 is 0 Å². The predicted octanol–water partition coefficient (Wildman–Crippen LogP) is 3.75. The van der Waals surface area contributed by atoms with Crippen molar-refractivity contribution >= 4 is 23.2 Å². The number of amides is 2. The molecule has 0 aliphatic rings. The van der Waals surface area contributed by atoms with Crippen molar-refractivity contribution in [1.82, 2.24) is 5.32 Å². The summed E-state index contributed by atoms with van der Waals surface area (Å²) >= 11 is 0. The average Bonchev–Trinajstić information content (AvgIpc) is 2.61. The van der Waals surface area contributed by atoms with Crippen molar-refractivity contribution < 1.29 is 22.8 Å². The number of anilines is 2. The van der Waals surface area contributed by atoms with Gasteiger partial charge in [-0.15, -0.1) is 0 Å². The maximum absolute atomic E-state index is 12.8. The standard InChI is InChI=1S/C19H20F3N3O2/c1-12(11-23-2)17(26)25-16-9-4-3-8-15(16)18(27)24-14-7-5-6-13(10-14)19(20,21)22/h3-10,12,23H,11H2,1-2H3,(H,24,27)(H,25,26). The zero-order valence-electron chi connectivity index (χ0n) is 14.9. The zero-order chi connectivity index (χ0) is 20.0. The predicted molar refractivity (Wildman–Crippen MR) is 97.6 cm³/mol. The second-order valence-corrected chi connectivity index (χ2v) is 6.03. The number of carbonyl (C=O) groups is 2. The van der Waals surface area contributed by atoms with Crippen LogP contribution in [0.3, 0.4) is 0 Å². The highest BCUT2D eigenvalue weighted by Gasteiger charge is 2.30. The van der Waals surface area contributed by atoms with Crippen LogP contribution in [0.25, 0.3) is 0 Å². The van der Waals surface area contributed by atoms with Gasteiger partial charge in [0.05, 0.1) is 16.8 Å². The molecule has 2 amide bonds. The van der Waals surface area contributed by atoms with Crippen LogP contribution in [0.1, 0.15) is 22.8 Å². The number of hydrogen-bond donors (Lipinski definition) is 3. The second kappa shape index (κ2) is 8.68. The number of halogens is 3. The van der Waals surface area contributed by atoms with E-state index in [1.807, 2.05) is 0 Å². The van der Waals surface area contributed by atoms with E-state index in [4.69, 9.17) is 0 Å². The van der Waals surface area contributed by atoms with E-state index in [0.29, 0.717) is 6.54 Å². The van der Waals surface area contributed by atoms with Gasteiger partial charge in [-0.3, -0.25) is 9.59 Å². The van der Waals surface area contributed by atoms with E-state index in [0.717, 1.165) is 12.1 Å². The molecule has 1 atom stereocenters. The first kappa shape index (κ1) is 20.4. The van der Waals surface area contributed by atoms with E-state index < -0.39 is 17.6 Å². The van der Waals surface area contributed by atoms with Crippen LogP contribution in [-0.2, 0) is 11.0 Å². The lowest BCUT2D eigenvalue weighted by Gasteiger charge is -2.15. The van der Waals surface area contributed by atoms with Gasteiger partial charge in [0.1, 0.15) is 0 Å². The van der Waals surface area contributed by atoms with Gasteiger partial charge in [-0.05, 0) is 37.4 Å². The Morgan fingerprint density at radius 1 is 1.04 bits per heavy atom. The van der Waals surface area contributed by atoms with Crippen LogP contribution in [0.2, 0.25) is 0 Å². The third kappa shape index (κ3) is 5.55. The molecule has 8 heteroatoms. The molecule has 0 saturated heterocycles. The van der Waals surface area contributed by atoms with Gasteiger partial charge in [-0.25, -0.2) is 0 Å². The summed E-state index contributed by atoms with van der Waals surface area (Å²) in [5, 5.41) is 8.00. The molecule has 2 aromatic carbocycles. The molecule has 0 saturated carbocycles. The number of nitrogens with one attached hydrogen (secondary N) is 3. The van der Waals surface area contributed by atoms with Crippen LogP contribution in [0, 0.1) is 5.92 Å². The first-order chi connectivity index (χ1) is 12.7. The van der Waals surface area contributed by atoms with Crippen LogP contribution in [0.5, 0.6) is 0 Å². The molecule has 2 aromatic rings. The SMILES string of the molecule is CNCC(C)C(=O)Nc1ccccc1C(=O)Nc1cccc(C(F)(F)F)c1. The van der Waals surface area contributed by atoms with E-state index in [9.17, 15) is 22.8 Å². The fraction of sp³-hybridized carbons (Fsp3) is 0.263. The van der Waals surface area contributed by atoms with E-state index in [-0.39, 0.29) is 28.8 Å². The first-order valence-corrected chi connectivity index (χ1v) is 8.25. The minimum atomic E-state index is -4.50. The quantitative estimate of drug-likeness (QED) is 0.716. The third-order valence-corrected chi connectivity index (χ3v) is 3.84. The molecule has 5 nitrogen and oxygen atoms in total. The Morgan fingerprint density at radius 3 is 2.41 bits per heavy atom. The smallest absolute Gasteiger partial charge is 0.325 e. The second-order valence-electron chi connectivity index (χ2n) is 6.03. The lowest BCUT2D eigenvalue weighted by atomic mass is 10.1. The van der Waals surface area contributed by atoms with Gasteiger partial charge in [-0.1, -0.05) is 25.1 Å². The minimum absolute atomic E-state index is 0.0134. The summed E-state index contributed by atoms with van der Waals surface area (Å²) in [5.74, 6) is -1.22. The Balaban J connectivity index is 2.19. The van der Waals surface area contributed by atoms with Gasteiger partial charge in [0.15, 0.2) is 0 Å². The Bertz CT molecular complexity index is 822. The van der Waals surface area contributed by atoms with Gasteiger partial charge < -0.3 is 16.0 Å². The largest absolute Gasteiger partial charge is 0.416 e. The maximum Gasteiger partial charge on any atom is 0.416 e. The molecule has 0 spiro atoms. The van der Waals surface area contributed by atoms with Gasteiger partial charge >= 0.3 is 6.18 Å². The summed E-state index contributed by atoms with van der Waals surface area (Å²) in [7, 11) is 1.72. The van der Waals surface area contributed by atoms with Gasteiger partial charge in [0.25, 0.3) is 5.91 Å². The van der Waals surface area contributed by atoms with Crippen molar-refractivity contribution in [1.29, 1.82) is 0 Å². The van der Waals surface area contributed by atoms with E-state index in [1.54, 1.807) is 32.2 Å². The summed E-state index contributed by atoms with van der Waals surface area (Å²) in [6.07, 6.45) is -4.50. The van der Waals surface area contributed by atoms with Gasteiger partial charge in [0, 0.05) is 18.2 Å². The first-order valence-electron chi connectivity index (χ1n) is 8.25. The number of rotatable bonds is 6. The third-order valence-electron chi connectivity index (χ3n) is 3.84. The van der Waals surface area contributed by atoms with Crippen LogP contribution < -0.4 is 16.0 Å². The van der Waals surface area contributed by atoms with Crippen molar-refractivity contribution in [3.63, 3.8) is 0 Å². The highest BCUT2D eigenvalue weighted by Crippen LogP contribution is 2.31. The minimum Gasteiger partial charge on any atom is -0.325 e. The fourth-order valence-electron chi connectivity index (χ4n) is 2.42. The maximum atomic E-state index is 12.8. The van der Waals surface area contributed by atoms with Crippen LogP contribution in [0.4, 0.5) is 24.5 Å². The molecule has 1 unspecified atom stereocenters. The highest BCUT2D eigenvalue weighted by molar-refractivity contribution is 6.10. The number of benzene rings is 2. The Kier molecular flexibility index (Phi) is 6.57. The molecule has 0 aliphatic heterocycles. The lowest BCUT2D eigenvalue weighted by Crippen LogP contribution is -2.29. The highest BCUT2D eigenvalue weighted by atomic mass is 19.4. The number of para-hydroxylation sites is 1. The summed E-state index contributed by atoms with van der Waals surface area (Å²) in [6, 6.07) is 10.7. The molecule has 0 bridgehead atoms. The van der Waals surface area contributed by atoms with E-state index in [1.165, 1.54) is 18.2 Å². The van der Waals surface area contributed by atoms with Crippen molar-refractivity contribution in [2.45, 2.75) is 13.1 Å². The number of carbonyl (C=O) groups excluding carboxylic acids is 2. The summed E-state index contributed by atoms with van der Waals surface area (Å²) < 4.78 is 38.4. The van der Waals surface area contributed by atoms with Crippen LogP contribution in [-0.4, -0.2) is 25.4 Å². The van der Waals surface area contributed by atoms with Crippen molar-refractivity contribution in [2.75, 3.05) is 24.2 Å². The topological polar surface area (TPSA) is 70.2 Å². The molecule has 27 heavy (non-hydrogen) atoms. The molecule has 2 rings (SSSR count). The molecule has 0 aliphatic carbocycles. The van der Waals surface area contributed by atoms with Crippen molar-refractivity contribution in [3.8, 4) is 0 Å². The number of alkyl halides is 3. The normalized spacial score (nSPS) is 12.3. The Morgan fingerprint density at radius 2 is 1.74 bits per heavy atom. The Labute approximate surface area is 155 Å². The molecule has 0 aromatic heterocycles. The fourth-order valence-corrected chi connectivity index (χ4v) is 2.42. The molecule has 0 radical (unpaired) electrons. The van der Waals surface area contributed by atoms with Crippen LogP contribution in [0.15, 0.2) is 48.5 Å². The molecular formula is C19H20F3N3O2. The zero-order valence-corrected chi connectivity index (χ0v) is 14.9. The molecule has 0 fully saturated rings. The van der Waals surface area contributed by atoms with E-state index in [2.05, 4.69) is 16.0 Å². The van der Waals surface area contributed by atoms with Crippen molar-refractivity contribution in [3.05, 3.63) is 59.7 Å². The molecular weight excluding hydrogens is 359 g/mol.